The zero-order chi connectivity index (χ0) is 17.2. The van der Waals surface area contributed by atoms with Crippen LogP contribution in [-0.2, 0) is 21.4 Å². The van der Waals surface area contributed by atoms with Crippen LogP contribution < -0.4 is 4.72 Å². The monoisotopic (exact) mass is 348 g/mol. The lowest BCUT2D eigenvalue weighted by Crippen LogP contribution is -2.41. The SMILES string of the molecule is O=C1[C@@H](NS(=O)(=O)c2ccc(F)cc2)CCN1Cc1ccccc1. The van der Waals surface area contributed by atoms with Crippen LogP contribution in [-0.4, -0.2) is 31.8 Å². The highest BCUT2D eigenvalue weighted by molar-refractivity contribution is 7.89. The second-order valence-corrected chi connectivity index (χ2v) is 7.38. The van der Waals surface area contributed by atoms with Crippen molar-refractivity contribution in [3.8, 4) is 0 Å². The molecule has 1 aliphatic heterocycles. The van der Waals surface area contributed by atoms with Gasteiger partial charge >= 0.3 is 0 Å². The molecule has 126 valence electrons. The molecule has 1 heterocycles. The smallest absolute Gasteiger partial charge is 0.241 e. The van der Waals surface area contributed by atoms with Crippen LogP contribution in [0, 0.1) is 5.82 Å². The summed E-state index contributed by atoms with van der Waals surface area (Å²) in [6, 6.07) is 13.2. The molecule has 1 aliphatic rings. The molecule has 1 amide bonds. The zero-order valence-corrected chi connectivity index (χ0v) is 13.7. The molecule has 0 saturated carbocycles. The average molecular weight is 348 g/mol. The first-order valence-corrected chi connectivity index (χ1v) is 9.05. The topological polar surface area (TPSA) is 66.5 Å². The summed E-state index contributed by atoms with van der Waals surface area (Å²) < 4.78 is 40.0. The fourth-order valence-corrected chi connectivity index (χ4v) is 3.90. The van der Waals surface area contributed by atoms with Crippen molar-refractivity contribution in [3.63, 3.8) is 0 Å². The van der Waals surface area contributed by atoms with E-state index in [0.717, 1.165) is 17.7 Å². The van der Waals surface area contributed by atoms with E-state index in [0.29, 0.717) is 19.5 Å². The van der Waals surface area contributed by atoms with E-state index in [2.05, 4.69) is 4.72 Å². The highest BCUT2D eigenvalue weighted by Gasteiger charge is 2.34. The molecule has 1 fully saturated rings. The fourth-order valence-electron chi connectivity index (χ4n) is 2.68. The van der Waals surface area contributed by atoms with Crippen LogP contribution in [0.25, 0.3) is 0 Å². The van der Waals surface area contributed by atoms with Gasteiger partial charge in [-0.2, -0.15) is 4.72 Å². The lowest BCUT2D eigenvalue weighted by molar-refractivity contribution is -0.129. The van der Waals surface area contributed by atoms with Gasteiger partial charge in [0.25, 0.3) is 0 Å². The van der Waals surface area contributed by atoms with Crippen LogP contribution in [0.5, 0.6) is 0 Å². The third kappa shape index (κ3) is 3.63. The Hall–Kier alpha value is -2.25. The number of carbonyl (C=O) groups excluding carboxylic acids is 1. The minimum Gasteiger partial charge on any atom is -0.337 e. The lowest BCUT2D eigenvalue weighted by atomic mass is 10.2. The second-order valence-electron chi connectivity index (χ2n) is 5.66. The molecule has 0 bridgehead atoms. The molecule has 24 heavy (non-hydrogen) atoms. The Morgan fingerprint density at radius 3 is 2.42 bits per heavy atom. The van der Waals surface area contributed by atoms with Crippen molar-refractivity contribution >= 4 is 15.9 Å². The Morgan fingerprint density at radius 1 is 1.08 bits per heavy atom. The van der Waals surface area contributed by atoms with Crippen molar-refractivity contribution in [1.82, 2.24) is 9.62 Å². The van der Waals surface area contributed by atoms with Gasteiger partial charge in [0, 0.05) is 13.1 Å². The Morgan fingerprint density at radius 2 is 1.75 bits per heavy atom. The highest BCUT2D eigenvalue weighted by Crippen LogP contribution is 2.18. The molecule has 0 aromatic heterocycles. The fraction of sp³-hybridized carbons (Fsp3) is 0.235. The number of likely N-dealkylation sites (tertiary alicyclic amines) is 1. The number of nitrogens with zero attached hydrogens (tertiary/aromatic N) is 1. The van der Waals surface area contributed by atoms with Crippen LogP contribution in [0.15, 0.2) is 59.5 Å². The normalized spacial score (nSPS) is 18.1. The summed E-state index contributed by atoms with van der Waals surface area (Å²) in [5.74, 6) is -0.760. The maximum atomic E-state index is 12.9. The first kappa shape index (κ1) is 16.6. The van der Waals surface area contributed by atoms with E-state index in [1.54, 1.807) is 4.90 Å². The van der Waals surface area contributed by atoms with Gasteiger partial charge in [0.15, 0.2) is 0 Å². The molecule has 2 aromatic rings. The van der Waals surface area contributed by atoms with E-state index >= 15 is 0 Å². The summed E-state index contributed by atoms with van der Waals surface area (Å²) in [7, 11) is -3.85. The minimum absolute atomic E-state index is 0.0572. The molecule has 0 spiro atoms. The molecule has 3 rings (SSSR count). The number of amides is 1. The first-order chi connectivity index (χ1) is 11.5. The molecule has 1 N–H and O–H groups in total. The third-order valence-corrected chi connectivity index (χ3v) is 5.42. The maximum absolute atomic E-state index is 12.9. The van der Waals surface area contributed by atoms with Crippen molar-refractivity contribution in [1.29, 1.82) is 0 Å². The summed E-state index contributed by atoms with van der Waals surface area (Å²) in [6.07, 6.45) is 0.409. The number of sulfonamides is 1. The van der Waals surface area contributed by atoms with E-state index in [4.69, 9.17) is 0 Å². The van der Waals surface area contributed by atoms with Crippen molar-refractivity contribution in [3.05, 3.63) is 66.0 Å². The number of nitrogens with one attached hydrogen (secondary N) is 1. The Balaban J connectivity index is 1.68. The van der Waals surface area contributed by atoms with Gasteiger partial charge < -0.3 is 4.90 Å². The lowest BCUT2D eigenvalue weighted by Gasteiger charge is -2.17. The second kappa shape index (κ2) is 6.70. The Kier molecular flexibility index (Phi) is 4.64. The van der Waals surface area contributed by atoms with Crippen LogP contribution >= 0.6 is 0 Å². The number of rotatable bonds is 5. The molecule has 0 aliphatic carbocycles. The van der Waals surface area contributed by atoms with Gasteiger partial charge in [-0.15, -0.1) is 0 Å². The molecule has 0 radical (unpaired) electrons. The summed E-state index contributed by atoms with van der Waals surface area (Å²) in [4.78, 5) is 14.0. The van der Waals surface area contributed by atoms with Crippen LogP contribution in [0.3, 0.4) is 0 Å². The van der Waals surface area contributed by atoms with Gasteiger partial charge in [-0.3, -0.25) is 4.79 Å². The molecule has 7 heteroatoms. The van der Waals surface area contributed by atoms with Crippen molar-refractivity contribution in [2.24, 2.45) is 0 Å². The summed E-state index contributed by atoms with van der Waals surface area (Å²) in [5, 5.41) is 0. The van der Waals surface area contributed by atoms with E-state index in [1.807, 2.05) is 30.3 Å². The van der Waals surface area contributed by atoms with Crippen LogP contribution in [0.2, 0.25) is 0 Å². The van der Waals surface area contributed by atoms with Gasteiger partial charge in [-0.1, -0.05) is 30.3 Å². The summed E-state index contributed by atoms with van der Waals surface area (Å²) >= 11 is 0. The van der Waals surface area contributed by atoms with Crippen molar-refractivity contribution in [2.75, 3.05) is 6.54 Å². The molecule has 5 nitrogen and oxygen atoms in total. The Labute approximate surface area is 140 Å². The molecule has 1 atom stereocenters. The van der Waals surface area contributed by atoms with E-state index in [-0.39, 0.29) is 10.8 Å². The van der Waals surface area contributed by atoms with E-state index < -0.39 is 21.9 Å². The molecule has 2 aromatic carbocycles. The Bertz CT molecular complexity index is 823. The molecular formula is C17H17FN2O3S. The molecular weight excluding hydrogens is 331 g/mol. The highest BCUT2D eigenvalue weighted by atomic mass is 32.2. The quantitative estimate of drug-likeness (QED) is 0.897. The number of halogens is 1. The maximum Gasteiger partial charge on any atom is 0.241 e. The minimum atomic E-state index is -3.85. The standard InChI is InChI=1S/C17H17FN2O3S/c18-14-6-8-15(9-7-14)24(22,23)19-16-10-11-20(17(16)21)12-13-4-2-1-3-5-13/h1-9,16,19H,10-12H2/t16-/m0/s1. The predicted octanol–water partition coefficient (Wildman–Crippen LogP) is 1.91. The van der Waals surface area contributed by atoms with Crippen LogP contribution in [0.1, 0.15) is 12.0 Å². The van der Waals surface area contributed by atoms with Gasteiger partial charge in [-0.25, -0.2) is 12.8 Å². The van der Waals surface area contributed by atoms with Crippen LogP contribution in [0.4, 0.5) is 4.39 Å². The largest absolute Gasteiger partial charge is 0.337 e. The number of benzene rings is 2. The van der Waals surface area contributed by atoms with Gasteiger partial charge in [0.05, 0.1) is 4.90 Å². The van der Waals surface area contributed by atoms with E-state index in [1.165, 1.54) is 12.1 Å². The predicted molar refractivity (Wildman–Crippen MR) is 87.0 cm³/mol. The number of carbonyl (C=O) groups is 1. The van der Waals surface area contributed by atoms with Gasteiger partial charge in [0.2, 0.25) is 15.9 Å². The molecule has 0 unspecified atom stereocenters. The third-order valence-electron chi connectivity index (χ3n) is 3.94. The zero-order valence-electron chi connectivity index (χ0n) is 12.9. The summed E-state index contributed by atoms with van der Waals surface area (Å²) in [5.41, 5.74) is 0.993. The average Bonchev–Trinajstić information content (AvgIpc) is 2.89. The summed E-state index contributed by atoms with van der Waals surface area (Å²) in [6.45, 7) is 0.943. The van der Waals surface area contributed by atoms with Crippen molar-refractivity contribution in [2.45, 2.75) is 23.9 Å². The number of hydrogen-bond donors (Lipinski definition) is 1. The van der Waals surface area contributed by atoms with E-state index in [9.17, 15) is 17.6 Å². The van der Waals surface area contributed by atoms with Crippen molar-refractivity contribution < 1.29 is 17.6 Å². The van der Waals surface area contributed by atoms with Gasteiger partial charge in [-0.05, 0) is 36.2 Å². The molecule has 1 saturated heterocycles. The van der Waals surface area contributed by atoms with Gasteiger partial charge in [0.1, 0.15) is 11.9 Å². The first-order valence-electron chi connectivity index (χ1n) is 7.56. The number of hydrogen-bond acceptors (Lipinski definition) is 3.